The van der Waals surface area contributed by atoms with Crippen LogP contribution in [0.25, 0.3) is 16.2 Å². The molecule has 2 aromatic heterocycles. The Labute approximate surface area is 114 Å². The van der Waals surface area contributed by atoms with Crippen LogP contribution in [0, 0.1) is 0 Å². The van der Waals surface area contributed by atoms with Gasteiger partial charge in [-0.1, -0.05) is 55.5 Å². The molecule has 0 saturated carbocycles. The van der Waals surface area contributed by atoms with Crippen LogP contribution in [0.15, 0.2) is 40.9 Å². The molecule has 0 aliphatic rings. The number of hydrogen-bond donors (Lipinski definition) is 1. The Morgan fingerprint density at radius 2 is 1.94 bits per heavy atom. The molecule has 4 nitrogen and oxygen atoms in total. The van der Waals surface area contributed by atoms with Crippen molar-refractivity contribution in [2.24, 2.45) is 5.14 Å². The summed E-state index contributed by atoms with van der Waals surface area (Å²) >= 11 is 2.64. The van der Waals surface area contributed by atoms with Gasteiger partial charge >= 0.3 is 0 Å². The molecule has 0 spiro atoms. The van der Waals surface area contributed by atoms with E-state index in [4.69, 9.17) is 5.14 Å². The van der Waals surface area contributed by atoms with E-state index in [9.17, 15) is 0 Å². The number of benzene rings is 1. The SMILES string of the molecule is CC.NSc1nn2cc(-c3ccccc3)nc2s1. The fraction of sp³-hybridized carbons (Fsp3) is 0.167. The zero-order valence-corrected chi connectivity index (χ0v) is 11.8. The van der Waals surface area contributed by atoms with Crippen LogP contribution in [0.3, 0.4) is 0 Å². The molecule has 0 amide bonds. The van der Waals surface area contributed by atoms with Crippen molar-refractivity contribution in [3.63, 3.8) is 0 Å². The van der Waals surface area contributed by atoms with Crippen LogP contribution in [0.1, 0.15) is 13.8 Å². The first-order chi connectivity index (χ1) is 8.86. The summed E-state index contributed by atoms with van der Waals surface area (Å²) in [5, 5.41) is 9.73. The van der Waals surface area contributed by atoms with Gasteiger partial charge in [-0.2, -0.15) is 0 Å². The molecule has 0 saturated heterocycles. The van der Waals surface area contributed by atoms with Crippen LogP contribution < -0.4 is 5.14 Å². The average Bonchev–Trinajstić information content (AvgIpc) is 3.00. The van der Waals surface area contributed by atoms with Crippen molar-refractivity contribution in [2.45, 2.75) is 18.2 Å². The van der Waals surface area contributed by atoms with E-state index in [-0.39, 0.29) is 0 Å². The summed E-state index contributed by atoms with van der Waals surface area (Å²) in [6.45, 7) is 4.00. The van der Waals surface area contributed by atoms with E-state index in [1.807, 2.05) is 50.4 Å². The second-order valence-corrected chi connectivity index (χ2v) is 5.04. The molecular formula is C12H14N4S2. The Kier molecular flexibility index (Phi) is 4.35. The van der Waals surface area contributed by atoms with Crippen molar-refractivity contribution in [3.05, 3.63) is 36.5 Å². The standard InChI is InChI=1S/C10H8N4S2.C2H6/c11-16-10-13-14-6-8(12-9(14)15-10)7-4-2-1-3-5-7;1-2/h1-6H,11H2;1-2H3. The van der Waals surface area contributed by atoms with Gasteiger partial charge in [0.1, 0.15) is 0 Å². The largest absolute Gasteiger partial charge is 0.272 e. The van der Waals surface area contributed by atoms with Gasteiger partial charge in [-0.05, 0) is 11.9 Å². The summed E-state index contributed by atoms with van der Waals surface area (Å²) in [6.07, 6.45) is 1.92. The first kappa shape index (κ1) is 13.1. The summed E-state index contributed by atoms with van der Waals surface area (Å²) in [6, 6.07) is 10.0. The third-order valence-corrected chi connectivity index (χ3v) is 3.73. The minimum atomic E-state index is 0.821. The van der Waals surface area contributed by atoms with E-state index in [0.29, 0.717) is 0 Å². The van der Waals surface area contributed by atoms with Crippen LogP contribution in [0.4, 0.5) is 0 Å². The zero-order valence-electron chi connectivity index (χ0n) is 10.2. The van der Waals surface area contributed by atoms with E-state index in [2.05, 4.69) is 10.1 Å². The predicted molar refractivity (Wildman–Crippen MR) is 77.7 cm³/mol. The van der Waals surface area contributed by atoms with Crippen molar-refractivity contribution < 1.29 is 0 Å². The molecule has 18 heavy (non-hydrogen) atoms. The molecule has 0 radical (unpaired) electrons. The summed E-state index contributed by atoms with van der Waals surface area (Å²) in [7, 11) is 0. The molecule has 2 N–H and O–H groups in total. The van der Waals surface area contributed by atoms with Gasteiger partial charge in [-0.3, -0.25) is 5.14 Å². The highest BCUT2D eigenvalue weighted by atomic mass is 32.2. The van der Waals surface area contributed by atoms with E-state index in [1.165, 1.54) is 11.3 Å². The highest BCUT2D eigenvalue weighted by molar-refractivity contribution is 7.98. The summed E-state index contributed by atoms with van der Waals surface area (Å²) in [5.41, 5.74) is 2.04. The first-order valence-corrected chi connectivity index (χ1v) is 7.35. The maximum atomic E-state index is 5.45. The van der Waals surface area contributed by atoms with Gasteiger partial charge in [-0.25, -0.2) is 9.50 Å². The fourth-order valence-electron chi connectivity index (χ4n) is 1.48. The van der Waals surface area contributed by atoms with Crippen LogP contribution in [-0.2, 0) is 0 Å². The quantitative estimate of drug-likeness (QED) is 0.729. The monoisotopic (exact) mass is 278 g/mol. The minimum Gasteiger partial charge on any atom is -0.272 e. The summed E-state index contributed by atoms with van der Waals surface area (Å²) < 4.78 is 2.59. The van der Waals surface area contributed by atoms with Gasteiger partial charge in [0, 0.05) is 5.56 Å². The van der Waals surface area contributed by atoms with E-state index in [0.717, 1.165) is 32.5 Å². The number of rotatable bonds is 2. The van der Waals surface area contributed by atoms with Crippen molar-refractivity contribution in [1.82, 2.24) is 14.6 Å². The lowest BCUT2D eigenvalue weighted by atomic mass is 10.2. The molecule has 1 aromatic carbocycles. The number of nitrogens with two attached hydrogens (primary N) is 1. The van der Waals surface area contributed by atoms with Gasteiger partial charge in [0.15, 0.2) is 4.34 Å². The van der Waals surface area contributed by atoms with Crippen LogP contribution in [0.2, 0.25) is 0 Å². The average molecular weight is 278 g/mol. The Bertz CT molecular complexity index is 584. The maximum absolute atomic E-state index is 5.45. The van der Waals surface area contributed by atoms with Crippen molar-refractivity contribution in [3.8, 4) is 11.3 Å². The number of fused-ring (bicyclic) bond motifs is 1. The number of nitrogens with zero attached hydrogens (tertiary/aromatic N) is 3. The van der Waals surface area contributed by atoms with Gasteiger partial charge in [0.2, 0.25) is 4.96 Å². The Hall–Kier alpha value is -1.37. The zero-order chi connectivity index (χ0) is 13.0. The predicted octanol–water partition coefficient (Wildman–Crippen LogP) is 3.45. The van der Waals surface area contributed by atoms with Crippen molar-refractivity contribution in [1.29, 1.82) is 0 Å². The van der Waals surface area contributed by atoms with E-state index in [1.54, 1.807) is 4.52 Å². The molecule has 3 rings (SSSR count). The van der Waals surface area contributed by atoms with Gasteiger partial charge in [0.25, 0.3) is 0 Å². The lowest BCUT2D eigenvalue weighted by molar-refractivity contribution is 0.916. The van der Waals surface area contributed by atoms with Gasteiger partial charge < -0.3 is 0 Å². The first-order valence-electron chi connectivity index (χ1n) is 5.65. The Morgan fingerprint density at radius 3 is 2.56 bits per heavy atom. The molecule has 94 valence electrons. The summed E-state index contributed by atoms with van der Waals surface area (Å²) in [5.74, 6) is 0. The van der Waals surface area contributed by atoms with Gasteiger partial charge in [-0.15, -0.1) is 5.10 Å². The molecule has 0 unspecified atom stereocenters. The van der Waals surface area contributed by atoms with Crippen LogP contribution in [-0.4, -0.2) is 14.6 Å². The summed E-state index contributed by atoms with van der Waals surface area (Å²) in [4.78, 5) is 5.37. The number of imidazole rings is 1. The van der Waals surface area contributed by atoms with Crippen molar-refractivity contribution in [2.75, 3.05) is 0 Å². The van der Waals surface area contributed by atoms with Crippen LogP contribution >= 0.6 is 23.3 Å². The second kappa shape index (κ2) is 5.99. The Balaban J connectivity index is 0.000000574. The fourth-order valence-corrected chi connectivity index (χ4v) is 2.64. The lowest BCUT2D eigenvalue weighted by Crippen LogP contribution is -1.82. The highest BCUT2D eigenvalue weighted by Gasteiger charge is 2.08. The highest BCUT2D eigenvalue weighted by Crippen LogP contribution is 2.24. The van der Waals surface area contributed by atoms with Crippen LogP contribution in [0.5, 0.6) is 0 Å². The molecule has 0 aliphatic carbocycles. The lowest BCUT2D eigenvalue weighted by Gasteiger charge is -1.92. The molecule has 0 aliphatic heterocycles. The van der Waals surface area contributed by atoms with E-state index < -0.39 is 0 Å². The normalized spacial score (nSPS) is 10.2. The van der Waals surface area contributed by atoms with Gasteiger partial charge in [0.05, 0.1) is 11.9 Å². The van der Waals surface area contributed by atoms with E-state index >= 15 is 0 Å². The minimum absolute atomic E-state index is 0.821. The molecule has 0 atom stereocenters. The number of aromatic nitrogens is 3. The third-order valence-electron chi connectivity index (χ3n) is 2.20. The van der Waals surface area contributed by atoms with Crippen molar-refractivity contribution >= 4 is 28.2 Å². The molecule has 3 aromatic rings. The maximum Gasteiger partial charge on any atom is 0.213 e. The molecule has 0 fully saturated rings. The molecule has 6 heteroatoms. The smallest absolute Gasteiger partial charge is 0.213 e. The number of hydrogen-bond acceptors (Lipinski definition) is 5. The third kappa shape index (κ3) is 2.55. The molecule has 0 bridgehead atoms. The topological polar surface area (TPSA) is 56.2 Å². The molecule has 2 heterocycles. The molecular weight excluding hydrogens is 264 g/mol. The Morgan fingerprint density at radius 1 is 1.22 bits per heavy atom. The second-order valence-electron chi connectivity index (χ2n) is 3.21.